The van der Waals surface area contributed by atoms with Crippen molar-refractivity contribution in [1.82, 2.24) is 4.90 Å². The first kappa shape index (κ1) is 27.4. The van der Waals surface area contributed by atoms with Crippen molar-refractivity contribution in [3.63, 3.8) is 0 Å². The Morgan fingerprint density at radius 2 is 1.97 bits per heavy atom. The van der Waals surface area contributed by atoms with Gasteiger partial charge in [-0.15, -0.1) is 0 Å². The van der Waals surface area contributed by atoms with Gasteiger partial charge in [-0.2, -0.15) is 0 Å². The number of rotatable bonds is 8. The molecular formula is C30H37FN4O3. The van der Waals surface area contributed by atoms with E-state index in [1.807, 2.05) is 26.0 Å². The van der Waals surface area contributed by atoms with Crippen LogP contribution in [-0.4, -0.2) is 37.7 Å². The molecule has 1 aliphatic heterocycles. The normalized spacial score (nSPS) is 14.3. The summed E-state index contributed by atoms with van der Waals surface area (Å²) < 4.78 is 24.8. The number of nitrogens with two attached hydrogens (primary N) is 2. The Bertz CT molecular complexity index is 1310. The molecule has 3 aromatic rings. The lowest BCUT2D eigenvalue weighted by Crippen LogP contribution is -2.26. The summed E-state index contributed by atoms with van der Waals surface area (Å²) >= 11 is 0. The minimum atomic E-state index is -0.296. The number of esters is 1. The Labute approximate surface area is 224 Å². The van der Waals surface area contributed by atoms with Crippen molar-refractivity contribution in [2.75, 3.05) is 37.5 Å². The zero-order chi connectivity index (χ0) is 27.4. The maximum Gasteiger partial charge on any atom is 0.306 e. The smallest absolute Gasteiger partial charge is 0.306 e. The Morgan fingerprint density at radius 3 is 2.71 bits per heavy atom. The second kappa shape index (κ2) is 11.8. The van der Waals surface area contributed by atoms with E-state index in [4.69, 9.17) is 21.1 Å². The van der Waals surface area contributed by atoms with Gasteiger partial charge in [-0.25, -0.2) is 10.2 Å². The highest BCUT2D eigenvalue weighted by Crippen LogP contribution is 2.37. The number of carbonyl (C=O) groups is 1. The largest absolute Gasteiger partial charge is 0.492 e. The number of aryl methyl sites for hydroxylation is 1. The maximum absolute atomic E-state index is 13.7. The number of hydrazine groups is 1. The van der Waals surface area contributed by atoms with E-state index in [0.29, 0.717) is 37.7 Å². The lowest BCUT2D eigenvalue weighted by molar-refractivity contribution is -0.143. The first-order valence-corrected chi connectivity index (χ1v) is 12.9. The molecule has 0 fully saturated rings. The van der Waals surface area contributed by atoms with Crippen LogP contribution in [0, 0.1) is 19.7 Å². The summed E-state index contributed by atoms with van der Waals surface area (Å²) in [7, 11) is 1.75. The van der Waals surface area contributed by atoms with Gasteiger partial charge in [0.1, 0.15) is 18.2 Å². The molecule has 0 aromatic heterocycles. The van der Waals surface area contributed by atoms with Crippen LogP contribution in [0.25, 0.3) is 0 Å². The number of benzene rings is 3. The van der Waals surface area contributed by atoms with Crippen LogP contribution in [0.4, 0.5) is 15.8 Å². The fourth-order valence-electron chi connectivity index (χ4n) is 5.06. The SMILES string of the molecule is CCOC(=O)CC(c1ccc(C)c(CN2CCOc3cc(F)ccc3C2)c1)c1ccc(N(C)N)c(N)c1C. The number of fused-ring (bicyclic) bond motifs is 1. The topological polar surface area (TPSA) is 94.0 Å². The van der Waals surface area contributed by atoms with Crippen LogP contribution < -0.4 is 21.3 Å². The number of ether oxygens (including phenoxy) is 2. The minimum Gasteiger partial charge on any atom is -0.492 e. The predicted molar refractivity (Wildman–Crippen MR) is 148 cm³/mol. The molecule has 0 amide bonds. The van der Waals surface area contributed by atoms with E-state index in [9.17, 15) is 9.18 Å². The average molecular weight is 521 g/mol. The van der Waals surface area contributed by atoms with Crippen molar-refractivity contribution in [2.24, 2.45) is 5.84 Å². The van der Waals surface area contributed by atoms with Crippen LogP contribution in [0.1, 0.15) is 52.6 Å². The number of nitrogens with zero attached hydrogens (tertiary/aromatic N) is 2. The molecule has 202 valence electrons. The Kier molecular flexibility index (Phi) is 8.54. The van der Waals surface area contributed by atoms with Crippen molar-refractivity contribution in [2.45, 2.75) is 46.2 Å². The van der Waals surface area contributed by atoms with Gasteiger partial charge in [0.05, 0.1) is 24.4 Å². The third-order valence-corrected chi connectivity index (χ3v) is 7.22. The van der Waals surface area contributed by atoms with Crippen LogP contribution in [0.15, 0.2) is 48.5 Å². The van der Waals surface area contributed by atoms with Crippen molar-refractivity contribution in [3.05, 3.63) is 87.7 Å². The Morgan fingerprint density at radius 1 is 1.18 bits per heavy atom. The van der Waals surface area contributed by atoms with E-state index in [1.54, 1.807) is 13.1 Å². The van der Waals surface area contributed by atoms with Crippen molar-refractivity contribution in [1.29, 1.82) is 0 Å². The van der Waals surface area contributed by atoms with Gasteiger partial charge in [0.25, 0.3) is 0 Å². The number of nitrogen functional groups attached to an aromatic ring is 1. The molecule has 4 rings (SSSR count). The molecule has 8 heteroatoms. The van der Waals surface area contributed by atoms with Crippen molar-refractivity contribution < 1.29 is 18.7 Å². The molecule has 7 nitrogen and oxygen atoms in total. The van der Waals surface area contributed by atoms with Gasteiger partial charge in [-0.05, 0) is 60.7 Å². The quantitative estimate of drug-likeness (QED) is 0.190. The van der Waals surface area contributed by atoms with E-state index < -0.39 is 0 Å². The van der Waals surface area contributed by atoms with Crippen LogP contribution in [-0.2, 0) is 22.6 Å². The molecule has 1 unspecified atom stereocenters. The average Bonchev–Trinajstić information content (AvgIpc) is 3.07. The summed E-state index contributed by atoms with van der Waals surface area (Å²) in [6.07, 6.45) is 0.199. The summed E-state index contributed by atoms with van der Waals surface area (Å²) in [6.45, 7) is 8.75. The molecule has 0 radical (unpaired) electrons. The second-order valence-electron chi connectivity index (χ2n) is 9.88. The lowest BCUT2D eigenvalue weighted by atomic mass is 9.84. The number of anilines is 2. The van der Waals surface area contributed by atoms with Gasteiger partial charge >= 0.3 is 5.97 Å². The predicted octanol–water partition coefficient (Wildman–Crippen LogP) is 4.81. The first-order chi connectivity index (χ1) is 18.2. The third kappa shape index (κ3) is 6.09. The van der Waals surface area contributed by atoms with Gasteiger partial charge < -0.3 is 20.2 Å². The fraction of sp³-hybridized carbons (Fsp3) is 0.367. The molecule has 1 heterocycles. The molecule has 0 saturated carbocycles. The van der Waals surface area contributed by atoms with Crippen molar-refractivity contribution >= 4 is 17.3 Å². The molecule has 4 N–H and O–H groups in total. The monoisotopic (exact) mass is 520 g/mol. The zero-order valence-electron chi connectivity index (χ0n) is 22.6. The zero-order valence-corrected chi connectivity index (χ0v) is 22.6. The van der Waals surface area contributed by atoms with E-state index in [0.717, 1.165) is 45.6 Å². The Balaban J connectivity index is 1.67. The van der Waals surface area contributed by atoms with Gasteiger partial charge in [0.2, 0.25) is 0 Å². The molecule has 0 saturated heterocycles. The summed E-state index contributed by atoms with van der Waals surface area (Å²) in [5.74, 6) is 5.78. The number of hydrogen-bond acceptors (Lipinski definition) is 7. The molecular weight excluding hydrogens is 483 g/mol. The van der Waals surface area contributed by atoms with E-state index >= 15 is 0 Å². The number of halogens is 1. The summed E-state index contributed by atoms with van der Waals surface area (Å²) in [6, 6.07) is 14.9. The minimum absolute atomic E-state index is 0.199. The molecule has 1 atom stereocenters. The highest BCUT2D eigenvalue weighted by Gasteiger charge is 2.24. The van der Waals surface area contributed by atoms with Crippen LogP contribution >= 0.6 is 0 Å². The highest BCUT2D eigenvalue weighted by atomic mass is 19.1. The van der Waals surface area contributed by atoms with Gasteiger partial charge in [-0.1, -0.05) is 30.3 Å². The fourth-order valence-corrected chi connectivity index (χ4v) is 5.06. The molecule has 0 aliphatic carbocycles. The number of carbonyl (C=O) groups excluding carboxylic acids is 1. The second-order valence-corrected chi connectivity index (χ2v) is 9.88. The highest BCUT2D eigenvalue weighted by molar-refractivity contribution is 5.75. The summed E-state index contributed by atoms with van der Waals surface area (Å²) in [5, 5.41) is 1.49. The van der Waals surface area contributed by atoms with Crippen LogP contribution in [0.2, 0.25) is 0 Å². The van der Waals surface area contributed by atoms with Crippen LogP contribution in [0.3, 0.4) is 0 Å². The van der Waals surface area contributed by atoms with E-state index in [2.05, 4.69) is 30.0 Å². The molecule has 38 heavy (non-hydrogen) atoms. The molecule has 0 bridgehead atoms. The Hall–Kier alpha value is -3.62. The molecule has 3 aromatic carbocycles. The number of hydrogen-bond donors (Lipinski definition) is 2. The maximum atomic E-state index is 13.7. The van der Waals surface area contributed by atoms with Gasteiger partial charge in [-0.3, -0.25) is 9.69 Å². The summed E-state index contributed by atoms with van der Waals surface area (Å²) in [4.78, 5) is 15.0. The molecule has 1 aliphatic rings. The third-order valence-electron chi connectivity index (χ3n) is 7.22. The summed E-state index contributed by atoms with van der Waals surface area (Å²) in [5.41, 5.74) is 13.9. The van der Waals surface area contributed by atoms with Gasteiger partial charge in [0, 0.05) is 44.2 Å². The standard InChI is InChI=1S/C30H37FN4O3/c1-5-37-29(36)16-26(25-10-11-27(34(4)33)30(32)20(25)3)21-7-6-19(2)23(14-21)18-35-12-13-38-28-15-24(31)9-8-22(28)17-35/h6-11,14-15,26H,5,12-13,16-18,32-33H2,1-4H3. The van der Waals surface area contributed by atoms with Crippen molar-refractivity contribution in [3.8, 4) is 5.75 Å². The van der Waals surface area contributed by atoms with Crippen LogP contribution in [0.5, 0.6) is 5.75 Å². The van der Waals surface area contributed by atoms with Gasteiger partial charge in [0.15, 0.2) is 0 Å². The molecule has 0 spiro atoms. The first-order valence-electron chi connectivity index (χ1n) is 12.9. The lowest BCUT2D eigenvalue weighted by Gasteiger charge is -2.25. The van der Waals surface area contributed by atoms with E-state index in [1.165, 1.54) is 17.1 Å². The van der Waals surface area contributed by atoms with E-state index in [-0.39, 0.29) is 24.1 Å².